The Morgan fingerprint density at radius 3 is 2.44 bits per heavy atom. The fourth-order valence-electron chi connectivity index (χ4n) is 1.44. The van der Waals surface area contributed by atoms with Gasteiger partial charge in [-0.2, -0.15) is 0 Å². The third kappa shape index (κ3) is 4.03. The van der Waals surface area contributed by atoms with Crippen molar-refractivity contribution in [3.05, 3.63) is 35.4 Å². The van der Waals surface area contributed by atoms with Gasteiger partial charge in [0.2, 0.25) is 5.91 Å². The number of nitrogens with one attached hydrogen (secondary N) is 1. The smallest absolute Gasteiger partial charge is 0.221 e. The van der Waals surface area contributed by atoms with Crippen LogP contribution in [0.5, 0.6) is 0 Å². The van der Waals surface area contributed by atoms with Crippen molar-refractivity contribution in [2.45, 2.75) is 32.7 Å². The molecule has 1 aromatic rings. The molecular weight excluding hydrogens is 200 g/mol. The molecule has 0 radical (unpaired) electrons. The maximum absolute atomic E-state index is 11.2. The Bertz CT molecular complexity index is 330. The molecular formula is C13H20N2O. The summed E-state index contributed by atoms with van der Waals surface area (Å²) in [7, 11) is 0. The van der Waals surface area contributed by atoms with Crippen LogP contribution in [0.3, 0.4) is 0 Å². The van der Waals surface area contributed by atoms with Crippen LogP contribution in [0.1, 0.15) is 37.3 Å². The first-order valence-corrected chi connectivity index (χ1v) is 5.69. The first-order chi connectivity index (χ1) is 7.63. The zero-order chi connectivity index (χ0) is 12.0. The van der Waals surface area contributed by atoms with Crippen LogP contribution < -0.4 is 11.1 Å². The molecule has 0 saturated carbocycles. The fraction of sp³-hybridized carbons (Fsp3) is 0.462. The van der Waals surface area contributed by atoms with Crippen LogP contribution in [0.2, 0.25) is 0 Å². The van der Waals surface area contributed by atoms with Gasteiger partial charge in [0, 0.05) is 19.5 Å². The number of carbonyl (C=O) groups excluding carboxylic acids is 1. The topological polar surface area (TPSA) is 55.1 Å². The van der Waals surface area contributed by atoms with Crippen LogP contribution in [-0.2, 0) is 11.3 Å². The van der Waals surface area contributed by atoms with Crippen molar-refractivity contribution in [2.75, 3.05) is 6.54 Å². The summed E-state index contributed by atoms with van der Waals surface area (Å²) in [6.45, 7) is 5.31. The molecule has 0 saturated heterocycles. The summed E-state index contributed by atoms with van der Waals surface area (Å²) in [5, 5.41) is 2.83. The Morgan fingerprint density at radius 1 is 1.31 bits per heavy atom. The molecule has 0 aliphatic carbocycles. The Hall–Kier alpha value is -1.35. The van der Waals surface area contributed by atoms with E-state index in [1.807, 2.05) is 0 Å². The van der Waals surface area contributed by atoms with Crippen LogP contribution in [0.25, 0.3) is 0 Å². The van der Waals surface area contributed by atoms with Crippen molar-refractivity contribution in [1.29, 1.82) is 0 Å². The first kappa shape index (κ1) is 12.7. The highest BCUT2D eigenvalue weighted by Crippen LogP contribution is 2.14. The molecule has 3 N–H and O–H groups in total. The van der Waals surface area contributed by atoms with Crippen molar-refractivity contribution in [3.8, 4) is 0 Å². The largest absolute Gasteiger partial charge is 0.352 e. The van der Waals surface area contributed by atoms with E-state index in [2.05, 4.69) is 43.4 Å². The monoisotopic (exact) mass is 220 g/mol. The molecule has 0 bridgehead atoms. The van der Waals surface area contributed by atoms with Gasteiger partial charge in [0.1, 0.15) is 0 Å². The molecule has 16 heavy (non-hydrogen) atoms. The summed E-state index contributed by atoms with van der Waals surface area (Å²) < 4.78 is 0. The van der Waals surface area contributed by atoms with Gasteiger partial charge in [-0.15, -0.1) is 0 Å². The van der Waals surface area contributed by atoms with Gasteiger partial charge in [-0.05, 0) is 17.0 Å². The van der Waals surface area contributed by atoms with Gasteiger partial charge in [0.15, 0.2) is 0 Å². The van der Waals surface area contributed by atoms with Crippen molar-refractivity contribution in [3.63, 3.8) is 0 Å². The number of hydrogen-bond acceptors (Lipinski definition) is 2. The van der Waals surface area contributed by atoms with E-state index in [1.165, 1.54) is 5.56 Å². The minimum absolute atomic E-state index is 0.00966. The molecule has 0 fully saturated rings. The molecule has 1 rings (SSSR count). The van der Waals surface area contributed by atoms with Gasteiger partial charge in [0.05, 0.1) is 0 Å². The Balaban J connectivity index is 2.46. The van der Waals surface area contributed by atoms with Crippen molar-refractivity contribution < 1.29 is 4.79 Å². The third-order valence-corrected chi connectivity index (χ3v) is 2.51. The molecule has 3 nitrogen and oxygen atoms in total. The highest BCUT2D eigenvalue weighted by molar-refractivity contribution is 5.76. The number of nitrogens with two attached hydrogens (primary N) is 1. The predicted molar refractivity (Wildman–Crippen MR) is 66.0 cm³/mol. The second kappa shape index (κ2) is 6.28. The molecule has 88 valence electrons. The molecule has 0 aliphatic heterocycles. The Kier molecular flexibility index (Phi) is 4.99. The van der Waals surface area contributed by atoms with Crippen LogP contribution in [-0.4, -0.2) is 12.5 Å². The molecule has 0 aliphatic rings. The zero-order valence-corrected chi connectivity index (χ0v) is 9.99. The predicted octanol–water partition coefficient (Wildman–Crippen LogP) is 1.78. The van der Waals surface area contributed by atoms with Crippen LogP contribution in [0.4, 0.5) is 0 Å². The molecule has 0 unspecified atom stereocenters. The van der Waals surface area contributed by atoms with Gasteiger partial charge in [-0.1, -0.05) is 38.1 Å². The summed E-state index contributed by atoms with van der Waals surface area (Å²) >= 11 is 0. The number of benzene rings is 1. The van der Waals surface area contributed by atoms with Crippen molar-refractivity contribution >= 4 is 5.91 Å². The third-order valence-electron chi connectivity index (χ3n) is 2.51. The van der Waals surface area contributed by atoms with Gasteiger partial charge < -0.3 is 11.1 Å². The average Bonchev–Trinajstić information content (AvgIpc) is 2.27. The number of hydrogen-bond donors (Lipinski definition) is 2. The molecule has 0 spiro atoms. The lowest BCUT2D eigenvalue weighted by molar-refractivity contribution is -0.121. The molecule has 0 heterocycles. The normalized spacial score (nSPS) is 10.5. The average molecular weight is 220 g/mol. The first-order valence-electron chi connectivity index (χ1n) is 5.69. The quantitative estimate of drug-likeness (QED) is 0.794. The summed E-state index contributed by atoms with van der Waals surface area (Å²) in [5.74, 6) is 0.552. The fourth-order valence-corrected chi connectivity index (χ4v) is 1.44. The second-order valence-electron chi connectivity index (χ2n) is 4.21. The van der Waals surface area contributed by atoms with E-state index in [-0.39, 0.29) is 5.91 Å². The van der Waals surface area contributed by atoms with E-state index in [4.69, 9.17) is 5.73 Å². The summed E-state index contributed by atoms with van der Waals surface area (Å²) in [6, 6.07) is 8.32. The zero-order valence-electron chi connectivity index (χ0n) is 9.99. The van der Waals surface area contributed by atoms with E-state index < -0.39 is 0 Å². The number of rotatable bonds is 5. The second-order valence-corrected chi connectivity index (χ2v) is 4.21. The standard InChI is InChI=1S/C13H20N2O/c1-10(2)12-5-3-11(4-6-12)9-15-13(16)7-8-14/h3-6,10H,7-9,14H2,1-2H3,(H,15,16). The number of amides is 1. The van der Waals surface area contributed by atoms with Gasteiger partial charge in [0.25, 0.3) is 0 Å². The lowest BCUT2D eigenvalue weighted by Crippen LogP contribution is -2.24. The van der Waals surface area contributed by atoms with Crippen LogP contribution >= 0.6 is 0 Å². The molecule has 3 heteroatoms. The van der Waals surface area contributed by atoms with E-state index in [1.54, 1.807) is 0 Å². The molecule has 0 atom stereocenters. The molecule has 1 amide bonds. The Labute approximate surface area is 97.0 Å². The summed E-state index contributed by atoms with van der Waals surface area (Å²) in [6.07, 6.45) is 0.393. The summed E-state index contributed by atoms with van der Waals surface area (Å²) in [5.41, 5.74) is 7.73. The van der Waals surface area contributed by atoms with E-state index in [0.29, 0.717) is 25.4 Å². The van der Waals surface area contributed by atoms with Crippen LogP contribution in [0.15, 0.2) is 24.3 Å². The minimum Gasteiger partial charge on any atom is -0.352 e. The maximum atomic E-state index is 11.2. The highest BCUT2D eigenvalue weighted by Gasteiger charge is 2.01. The van der Waals surface area contributed by atoms with Crippen molar-refractivity contribution in [2.24, 2.45) is 5.73 Å². The van der Waals surface area contributed by atoms with Crippen LogP contribution in [0, 0.1) is 0 Å². The van der Waals surface area contributed by atoms with Gasteiger partial charge in [-0.3, -0.25) is 4.79 Å². The minimum atomic E-state index is 0.00966. The SMILES string of the molecule is CC(C)c1ccc(CNC(=O)CCN)cc1. The maximum Gasteiger partial charge on any atom is 0.221 e. The summed E-state index contributed by atoms with van der Waals surface area (Å²) in [4.78, 5) is 11.2. The molecule has 0 aromatic heterocycles. The van der Waals surface area contributed by atoms with E-state index in [0.717, 1.165) is 5.56 Å². The lowest BCUT2D eigenvalue weighted by atomic mass is 10.0. The Morgan fingerprint density at radius 2 is 1.94 bits per heavy atom. The van der Waals surface area contributed by atoms with Gasteiger partial charge in [-0.25, -0.2) is 0 Å². The van der Waals surface area contributed by atoms with E-state index in [9.17, 15) is 4.79 Å². The lowest BCUT2D eigenvalue weighted by Gasteiger charge is -2.07. The van der Waals surface area contributed by atoms with Crippen molar-refractivity contribution in [1.82, 2.24) is 5.32 Å². The number of carbonyl (C=O) groups is 1. The van der Waals surface area contributed by atoms with E-state index >= 15 is 0 Å². The molecule has 1 aromatic carbocycles. The highest BCUT2D eigenvalue weighted by atomic mass is 16.1. The van der Waals surface area contributed by atoms with Gasteiger partial charge >= 0.3 is 0 Å².